The fourth-order valence-corrected chi connectivity index (χ4v) is 2.52. The third-order valence-corrected chi connectivity index (χ3v) is 3.76. The van der Waals surface area contributed by atoms with E-state index in [1.807, 2.05) is 36.1 Å². The van der Waals surface area contributed by atoms with Crippen molar-refractivity contribution in [1.29, 1.82) is 0 Å². The number of fused-ring (bicyclic) bond motifs is 1. The predicted molar refractivity (Wildman–Crippen MR) is 78.6 cm³/mol. The molecular formula is C15H15N5. The Labute approximate surface area is 116 Å². The maximum absolute atomic E-state index is 4.78. The molecule has 5 nitrogen and oxygen atoms in total. The van der Waals surface area contributed by atoms with Crippen LogP contribution in [0.25, 0.3) is 22.3 Å². The Balaban J connectivity index is 1.98. The van der Waals surface area contributed by atoms with E-state index in [1.54, 1.807) is 0 Å². The summed E-state index contributed by atoms with van der Waals surface area (Å²) in [4.78, 5) is 11.6. The van der Waals surface area contributed by atoms with Gasteiger partial charge in [0.05, 0.1) is 6.20 Å². The first-order valence-corrected chi connectivity index (χ1v) is 6.83. The summed E-state index contributed by atoms with van der Waals surface area (Å²) >= 11 is 0. The zero-order valence-electron chi connectivity index (χ0n) is 11.3. The van der Waals surface area contributed by atoms with Crippen LogP contribution in [0.15, 0.2) is 36.5 Å². The van der Waals surface area contributed by atoms with Gasteiger partial charge in [0.2, 0.25) is 5.95 Å². The van der Waals surface area contributed by atoms with Crippen LogP contribution in [0.2, 0.25) is 0 Å². The van der Waals surface area contributed by atoms with E-state index in [-0.39, 0.29) is 0 Å². The van der Waals surface area contributed by atoms with Gasteiger partial charge in [-0.1, -0.05) is 30.3 Å². The molecule has 0 amide bonds. The van der Waals surface area contributed by atoms with Crippen LogP contribution >= 0.6 is 0 Å². The smallest absolute Gasteiger partial charge is 0.226 e. The maximum atomic E-state index is 4.78. The summed E-state index contributed by atoms with van der Waals surface area (Å²) in [5, 5.41) is 4.32. The number of aryl methyl sites for hydroxylation is 1. The van der Waals surface area contributed by atoms with E-state index < -0.39 is 0 Å². The van der Waals surface area contributed by atoms with E-state index in [9.17, 15) is 0 Å². The van der Waals surface area contributed by atoms with E-state index in [1.165, 1.54) is 6.42 Å². The van der Waals surface area contributed by atoms with Crippen molar-refractivity contribution in [2.75, 3.05) is 18.0 Å². The van der Waals surface area contributed by atoms with Gasteiger partial charge in [0, 0.05) is 25.7 Å². The molecule has 1 saturated heterocycles. The second-order valence-corrected chi connectivity index (χ2v) is 5.08. The van der Waals surface area contributed by atoms with Gasteiger partial charge in [-0.3, -0.25) is 4.68 Å². The molecule has 1 fully saturated rings. The summed E-state index contributed by atoms with van der Waals surface area (Å²) in [5.74, 6) is 0.815. The number of hydrogen-bond acceptors (Lipinski definition) is 4. The molecule has 0 bridgehead atoms. The standard InChI is InChI=1S/C15H15N5/c1-19-14-12(10-16-19)17-15(20-8-5-9-20)18-13(14)11-6-3-2-4-7-11/h2-4,6-7,10H,5,8-9H2,1H3. The molecule has 4 rings (SSSR count). The Hall–Kier alpha value is -2.43. The molecule has 0 aliphatic carbocycles. The molecule has 20 heavy (non-hydrogen) atoms. The first-order valence-electron chi connectivity index (χ1n) is 6.83. The summed E-state index contributed by atoms with van der Waals surface area (Å²) < 4.78 is 1.84. The highest BCUT2D eigenvalue weighted by Gasteiger charge is 2.21. The molecular weight excluding hydrogens is 250 g/mol. The Morgan fingerprint density at radius 3 is 2.55 bits per heavy atom. The van der Waals surface area contributed by atoms with Gasteiger partial charge in [-0.25, -0.2) is 9.97 Å². The van der Waals surface area contributed by atoms with Crippen LogP contribution in [0.3, 0.4) is 0 Å². The van der Waals surface area contributed by atoms with Crippen molar-refractivity contribution in [1.82, 2.24) is 19.7 Å². The first-order chi connectivity index (χ1) is 9.83. The number of nitrogens with zero attached hydrogens (tertiary/aromatic N) is 5. The highest BCUT2D eigenvalue weighted by atomic mass is 15.3. The Morgan fingerprint density at radius 1 is 1.05 bits per heavy atom. The molecule has 0 N–H and O–H groups in total. The lowest BCUT2D eigenvalue weighted by molar-refractivity contribution is 0.602. The second-order valence-electron chi connectivity index (χ2n) is 5.08. The summed E-state index contributed by atoms with van der Waals surface area (Å²) in [5.41, 5.74) is 3.95. The maximum Gasteiger partial charge on any atom is 0.226 e. The Bertz CT molecular complexity index is 759. The van der Waals surface area contributed by atoms with E-state index in [4.69, 9.17) is 4.98 Å². The fraction of sp³-hybridized carbons (Fsp3) is 0.267. The van der Waals surface area contributed by atoms with Crippen LogP contribution in [-0.2, 0) is 7.05 Å². The van der Waals surface area contributed by atoms with Gasteiger partial charge < -0.3 is 4.90 Å². The van der Waals surface area contributed by atoms with Gasteiger partial charge in [0.15, 0.2) is 0 Å². The van der Waals surface area contributed by atoms with Gasteiger partial charge >= 0.3 is 0 Å². The van der Waals surface area contributed by atoms with Crippen molar-refractivity contribution in [3.63, 3.8) is 0 Å². The predicted octanol–water partition coefficient (Wildman–Crippen LogP) is 2.24. The number of benzene rings is 1. The number of hydrogen-bond donors (Lipinski definition) is 0. The summed E-state index contributed by atoms with van der Waals surface area (Å²) in [6, 6.07) is 10.2. The largest absolute Gasteiger partial charge is 0.341 e. The first kappa shape index (κ1) is 11.4. The third-order valence-electron chi connectivity index (χ3n) is 3.76. The molecule has 0 radical (unpaired) electrons. The minimum atomic E-state index is 0.815. The molecule has 5 heteroatoms. The van der Waals surface area contributed by atoms with Gasteiger partial charge in [-0.2, -0.15) is 5.10 Å². The molecule has 0 atom stereocenters. The Kier molecular flexibility index (Phi) is 2.45. The van der Waals surface area contributed by atoms with E-state index >= 15 is 0 Å². The second kappa shape index (κ2) is 4.30. The molecule has 100 valence electrons. The molecule has 0 spiro atoms. The number of rotatable bonds is 2. The van der Waals surface area contributed by atoms with Crippen molar-refractivity contribution in [3.05, 3.63) is 36.5 Å². The molecule has 3 heterocycles. The molecule has 0 saturated carbocycles. The normalized spacial score (nSPS) is 14.6. The van der Waals surface area contributed by atoms with Gasteiger partial charge in [-0.15, -0.1) is 0 Å². The van der Waals surface area contributed by atoms with Gasteiger partial charge in [-0.05, 0) is 6.42 Å². The zero-order valence-corrected chi connectivity index (χ0v) is 11.3. The highest BCUT2D eigenvalue weighted by molar-refractivity contribution is 5.90. The highest BCUT2D eigenvalue weighted by Crippen LogP contribution is 2.28. The molecule has 2 aromatic heterocycles. The van der Waals surface area contributed by atoms with Gasteiger partial charge in [0.1, 0.15) is 16.7 Å². The Morgan fingerprint density at radius 2 is 1.85 bits per heavy atom. The molecule has 3 aromatic rings. The van der Waals surface area contributed by atoms with Crippen LogP contribution in [0.4, 0.5) is 5.95 Å². The van der Waals surface area contributed by atoms with Crippen LogP contribution < -0.4 is 4.90 Å². The minimum Gasteiger partial charge on any atom is -0.341 e. The zero-order chi connectivity index (χ0) is 13.5. The lowest BCUT2D eigenvalue weighted by Crippen LogP contribution is -2.38. The van der Waals surface area contributed by atoms with E-state index in [0.29, 0.717) is 0 Å². The molecule has 1 aromatic carbocycles. The summed E-state index contributed by atoms with van der Waals surface area (Å²) in [6.45, 7) is 2.08. The van der Waals surface area contributed by atoms with Crippen molar-refractivity contribution in [2.45, 2.75) is 6.42 Å². The van der Waals surface area contributed by atoms with Crippen LogP contribution in [-0.4, -0.2) is 32.8 Å². The fourth-order valence-electron chi connectivity index (χ4n) is 2.52. The summed E-state index contributed by atoms with van der Waals surface area (Å²) in [7, 11) is 1.93. The lowest BCUT2D eigenvalue weighted by Gasteiger charge is -2.31. The van der Waals surface area contributed by atoms with Crippen molar-refractivity contribution in [2.24, 2.45) is 7.05 Å². The average Bonchev–Trinajstić information content (AvgIpc) is 2.79. The molecule has 1 aliphatic heterocycles. The lowest BCUT2D eigenvalue weighted by atomic mass is 10.1. The SMILES string of the molecule is Cn1ncc2nc(N3CCC3)nc(-c3ccccc3)c21. The third kappa shape index (κ3) is 1.66. The topological polar surface area (TPSA) is 46.8 Å². The van der Waals surface area contributed by atoms with Crippen molar-refractivity contribution in [3.8, 4) is 11.3 Å². The van der Waals surface area contributed by atoms with Crippen LogP contribution in [0.5, 0.6) is 0 Å². The van der Waals surface area contributed by atoms with Crippen LogP contribution in [0, 0.1) is 0 Å². The van der Waals surface area contributed by atoms with Crippen LogP contribution in [0.1, 0.15) is 6.42 Å². The van der Waals surface area contributed by atoms with E-state index in [0.717, 1.165) is 41.3 Å². The van der Waals surface area contributed by atoms with Crippen molar-refractivity contribution < 1.29 is 0 Å². The number of anilines is 1. The number of aromatic nitrogens is 4. The molecule has 0 unspecified atom stereocenters. The summed E-state index contributed by atoms with van der Waals surface area (Å²) in [6.07, 6.45) is 3.03. The minimum absolute atomic E-state index is 0.815. The average molecular weight is 265 g/mol. The monoisotopic (exact) mass is 265 g/mol. The van der Waals surface area contributed by atoms with Gasteiger partial charge in [0.25, 0.3) is 0 Å². The van der Waals surface area contributed by atoms with Crippen molar-refractivity contribution >= 4 is 17.0 Å². The quantitative estimate of drug-likeness (QED) is 0.713. The molecule has 1 aliphatic rings. The van der Waals surface area contributed by atoms with E-state index in [2.05, 4.69) is 27.1 Å².